The molecule has 2 fully saturated rings. The summed E-state index contributed by atoms with van der Waals surface area (Å²) in [4.78, 5) is 13.2. The summed E-state index contributed by atoms with van der Waals surface area (Å²) >= 11 is 0. The molecule has 2 saturated heterocycles. The molecule has 12 atom stereocenters. The third-order valence-electron chi connectivity index (χ3n) is 13.6. The van der Waals surface area contributed by atoms with Crippen LogP contribution in [0.4, 0.5) is 0 Å². The molecule has 0 aromatic rings. The summed E-state index contributed by atoms with van der Waals surface area (Å²) in [5, 5.41) is 86.8. The summed E-state index contributed by atoms with van der Waals surface area (Å²) in [6, 6.07) is -0.912. The van der Waals surface area contributed by atoms with E-state index in [1.54, 1.807) is 6.08 Å². The van der Waals surface area contributed by atoms with E-state index in [1.807, 2.05) is 6.08 Å². The highest BCUT2D eigenvalue weighted by molar-refractivity contribution is 5.76. The lowest BCUT2D eigenvalue weighted by atomic mass is 9.97. The molecule has 0 radical (unpaired) electrons. The predicted molar refractivity (Wildman–Crippen MR) is 268 cm³/mol. The maximum Gasteiger partial charge on any atom is 0.220 e. The van der Waals surface area contributed by atoms with Crippen LogP contribution in [0.25, 0.3) is 0 Å². The van der Waals surface area contributed by atoms with Crippen LogP contribution < -0.4 is 5.32 Å². The van der Waals surface area contributed by atoms with Gasteiger partial charge in [-0.3, -0.25) is 4.79 Å². The summed E-state index contributed by atoms with van der Waals surface area (Å²) < 4.78 is 22.7. The van der Waals surface area contributed by atoms with Gasteiger partial charge < -0.3 is 65.1 Å². The van der Waals surface area contributed by atoms with Gasteiger partial charge in [0.1, 0.15) is 48.8 Å². The minimum Gasteiger partial charge on any atom is -0.394 e. The Kier molecular flexibility index (Phi) is 37.7. The van der Waals surface area contributed by atoms with Crippen molar-refractivity contribution in [3.8, 4) is 0 Å². The fourth-order valence-electron chi connectivity index (χ4n) is 9.11. The second kappa shape index (κ2) is 41.0. The van der Waals surface area contributed by atoms with Crippen LogP contribution in [0, 0.1) is 0 Å². The van der Waals surface area contributed by atoms with Gasteiger partial charge in [-0.05, 0) is 44.9 Å². The molecule has 2 heterocycles. The van der Waals surface area contributed by atoms with Gasteiger partial charge in [0.05, 0.1) is 32.0 Å². The lowest BCUT2D eigenvalue weighted by Crippen LogP contribution is -2.65. The minimum atomic E-state index is -1.79. The van der Waals surface area contributed by atoms with Crippen LogP contribution in [-0.2, 0) is 23.7 Å². The maximum absolute atomic E-state index is 13.2. The first kappa shape index (κ1) is 62.6. The topological polar surface area (TPSA) is 228 Å². The fourth-order valence-corrected chi connectivity index (χ4v) is 9.11. The molecule has 14 nitrogen and oxygen atoms in total. The molecule has 0 aliphatic carbocycles. The van der Waals surface area contributed by atoms with E-state index in [2.05, 4.69) is 31.3 Å². The number of carbonyl (C=O) groups excluding carboxylic acids is 1. The van der Waals surface area contributed by atoms with Crippen molar-refractivity contribution in [2.45, 2.75) is 293 Å². The zero-order valence-corrected chi connectivity index (χ0v) is 42.6. The molecular weight excluding hydrogens is 871 g/mol. The average molecular weight is 972 g/mol. The molecule has 0 aromatic carbocycles. The number of ether oxygens (including phenoxy) is 4. The predicted octanol–water partition coefficient (Wildman–Crippen LogP) is 8.11. The molecule has 0 saturated carbocycles. The number of hydrogen-bond donors (Lipinski definition) is 9. The number of amides is 1. The molecule has 1 amide bonds. The van der Waals surface area contributed by atoms with Gasteiger partial charge in [0, 0.05) is 6.42 Å². The van der Waals surface area contributed by atoms with Crippen LogP contribution in [0.1, 0.15) is 219 Å². The van der Waals surface area contributed by atoms with Crippen molar-refractivity contribution in [2.24, 2.45) is 0 Å². The lowest BCUT2D eigenvalue weighted by Gasteiger charge is -2.46. The van der Waals surface area contributed by atoms with Gasteiger partial charge in [-0.25, -0.2) is 0 Å². The van der Waals surface area contributed by atoms with Crippen LogP contribution in [0.3, 0.4) is 0 Å². The third kappa shape index (κ3) is 27.3. The van der Waals surface area contributed by atoms with Crippen molar-refractivity contribution in [3.05, 3.63) is 24.3 Å². The van der Waals surface area contributed by atoms with Crippen molar-refractivity contribution in [1.29, 1.82) is 0 Å². The molecule has 400 valence electrons. The number of rotatable bonds is 43. The summed E-state index contributed by atoms with van der Waals surface area (Å²) in [5.41, 5.74) is 0. The normalized spacial score (nSPS) is 26.5. The number of carbonyl (C=O) groups is 1. The number of aliphatic hydroxyl groups excluding tert-OH is 8. The van der Waals surface area contributed by atoms with E-state index in [-0.39, 0.29) is 18.9 Å². The van der Waals surface area contributed by atoms with E-state index in [0.717, 1.165) is 38.5 Å². The molecule has 9 N–H and O–H groups in total. The quantitative estimate of drug-likeness (QED) is 0.0208. The second-order valence-corrected chi connectivity index (χ2v) is 19.7. The summed E-state index contributed by atoms with van der Waals surface area (Å²) in [6.45, 7) is 2.79. The van der Waals surface area contributed by atoms with Gasteiger partial charge in [0.25, 0.3) is 0 Å². The molecule has 14 heteroatoms. The van der Waals surface area contributed by atoms with Crippen molar-refractivity contribution < 1.29 is 64.6 Å². The van der Waals surface area contributed by atoms with E-state index in [4.69, 9.17) is 18.9 Å². The molecule has 2 aliphatic rings. The number of allylic oxidation sites excluding steroid dienone is 3. The number of unbranched alkanes of at least 4 members (excludes halogenated alkanes) is 28. The third-order valence-corrected chi connectivity index (χ3v) is 13.6. The number of aliphatic hydroxyl groups is 8. The number of hydrogen-bond acceptors (Lipinski definition) is 13. The van der Waals surface area contributed by atoms with E-state index < -0.39 is 86.8 Å². The van der Waals surface area contributed by atoms with Crippen LogP contribution in [0.2, 0.25) is 0 Å². The highest BCUT2D eigenvalue weighted by atomic mass is 16.7. The van der Waals surface area contributed by atoms with Gasteiger partial charge in [-0.2, -0.15) is 0 Å². The van der Waals surface area contributed by atoms with E-state index >= 15 is 0 Å². The van der Waals surface area contributed by atoms with Crippen LogP contribution in [0.15, 0.2) is 24.3 Å². The average Bonchev–Trinajstić information content (AvgIpc) is 3.34. The zero-order valence-electron chi connectivity index (χ0n) is 42.6. The van der Waals surface area contributed by atoms with E-state index in [1.165, 1.54) is 154 Å². The van der Waals surface area contributed by atoms with E-state index in [9.17, 15) is 45.6 Å². The molecule has 2 rings (SSSR count). The van der Waals surface area contributed by atoms with Crippen molar-refractivity contribution in [1.82, 2.24) is 5.32 Å². The Morgan fingerprint density at radius 2 is 0.926 bits per heavy atom. The summed E-state index contributed by atoms with van der Waals surface area (Å²) in [5.74, 6) is -0.241. The van der Waals surface area contributed by atoms with Gasteiger partial charge in [-0.15, -0.1) is 0 Å². The maximum atomic E-state index is 13.2. The molecule has 0 bridgehead atoms. The Bertz CT molecular complexity index is 1240. The van der Waals surface area contributed by atoms with Crippen LogP contribution in [-0.4, -0.2) is 140 Å². The number of nitrogens with one attached hydrogen (secondary N) is 1. The second-order valence-electron chi connectivity index (χ2n) is 19.7. The van der Waals surface area contributed by atoms with Crippen LogP contribution in [0.5, 0.6) is 0 Å². The summed E-state index contributed by atoms with van der Waals surface area (Å²) in [7, 11) is 0. The molecule has 12 unspecified atom stereocenters. The highest BCUT2D eigenvalue weighted by Gasteiger charge is 2.51. The van der Waals surface area contributed by atoms with Crippen molar-refractivity contribution in [3.63, 3.8) is 0 Å². The highest BCUT2D eigenvalue weighted by Crippen LogP contribution is 2.30. The van der Waals surface area contributed by atoms with Crippen molar-refractivity contribution in [2.75, 3.05) is 19.8 Å². The lowest BCUT2D eigenvalue weighted by molar-refractivity contribution is -0.359. The molecular formula is C54H101NO13. The van der Waals surface area contributed by atoms with Crippen LogP contribution >= 0.6 is 0 Å². The first-order valence-corrected chi connectivity index (χ1v) is 27.6. The Morgan fingerprint density at radius 3 is 1.40 bits per heavy atom. The molecule has 68 heavy (non-hydrogen) atoms. The standard InChI is InChI=1S/C54H101NO13/c1-3-5-7-9-11-13-15-17-18-19-20-21-22-23-24-26-28-30-32-34-36-38-46(59)55-42(43(58)37-35-33-31-29-27-25-16-14-12-10-8-6-4-2)41-65-53-51(64)49(62)52(45(40-57)67-53)68-54-50(63)48(61)47(60)44(39-56)66-54/h19-20,35,37,42-45,47-54,56-58,60-64H,3-18,21-34,36,38-41H2,1-2H3,(H,55,59)/b20-19-,37-35+. The van der Waals surface area contributed by atoms with Gasteiger partial charge in [-0.1, -0.05) is 192 Å². The first-order chi connectivity index (χ1) is 33.1. The molecule has 2 aliphatic heterocycles. The van der Waals surface area contributed by atoms with Gasteiger partial charge in [0.2, 0.25) is 5.91 Å². The first-order valence-electron chi connectivity index (χ1n) is 27.6. The van der Waals surface area contributed by atoms with Gasteiger partial charge in [0.15, 0.2) is 12.6 Å². The Balaban J connectivity index is 1.79. The van der Waals surface area contributed by atoms with Crippen molar-refractivity contribution >= 4 is 5.91 Å². The van der Waals surface area contributed by atoms with Gasteiger partial charge >= 0.3 is 0 Å². The smallest absolute Gasteiger partial charge is 0.220 e. The Labute approximate surface area is 411 Å². The Morgan fingerprint density at radius 1 is 0.515 bits per heavy atom. The Hall–Kier alpha value is -1.53. The van der Waals surface area contributed by atoms with E-state index in [0.29, 0.717) is 6.42 Å². The molecule has 0 aromatic heterocycles. The fraction of sp³-hybridized carbons (Fsp3) is 0.907. The molecule has 0 spiro atoms. The SMILES string of the molecule is CCCCCCCCCC/C=C\CCCCCCCCCCCC(=O)NC(COC1OC(CO)C(OC2OC(CO)C(O)C(O)C2O)C(O)C1O)C(O)/C=C/CCCCCCCCCCCCC. The zero-order chi connectivity index (χ0) is 49.6. The summed E-state index contributed by atoms with van der Waals surface area (Å²) in [6.07, 6.45) is 29.3. The minimum absolute atomic E-state index is 0.241. The largest absolute Gasteiger partial charge is 0.394 e. The monoisotopic (exact) mass is 972 g/mol.